The molecule has 0 spiro atoms. The van der Waals surface area contributed by atoms with Crippen molar-refractivity contribution >= 4 is 58.1 Å². The fraction of sp³-hybridized carbons (Fsp3) is 0.229. The van der Waals surface area contributed by atoms with Crippen LogP contribution in [0.3, 0.4) is 0 Å². The first-order valence-electron chi connectivity index (χ1n) is 14.3. The largest absolute Gasteiger partial charge is 0.480 e. The number of amides is 1. The first kappa shape index (κ1) is 31.7. The molecule has 0 bridgehead atoms. The van der Waals surface area contributed by atoms with Crippen molar-refractivity contribution in [3.63, 3.8) is 0 Å². The lowest BCUT2D eigenvalue weighted by molar-refractivity contribution is -0.138. The van der Waals surface area contributed by atoms with Gasteiger partial charge in [0.15, 0.2) is 6.04 Å². The molecule has 9 heteroatoms. The van der Waals surface area contributed by atoms with Crippen LogP contribution >= 0.6 is 34.8 Å². The minimum Gasteiger partial charge on any atom is -0.480 e. The van der Waals surface area contributed by atoms with Crippen LogP contribution in [0.15, 0.2) is 102 Å². The topological polar surface area (TPSA) is 82.0 Å². The third-order valence-electron chi connectivity index (χ3n) is 8.01. The minimum absolute atomic E-state index is 0.176. The van der Waals surface area contributed by atoms with E-state index in [1.165, 1.54) is 0 Å². The van der Waals surface area contributed by atoms with Gasteiger partial charge in [-0.15, -0.1) is 0 Å². The molecule has 4 aromatic rings. The molecule has 5 rings (SSSR count). The van der Waals surface area contributed by atoms with Gasteiger partial charge < -0.3 is 10.4 Å². The smallest absolute Gasteiger partial charge is 0.328 e. The molecule has 0 aromatic heterocycles. The zero-order valence-corrected chi connectivity index (χ0v) is 26.4. The Labute approximate surface area is 272 Å². The highest BCUT2D eigenvalue weighted by molar-refractivity contribution is 6.42. The van der Waals surface area contributed by atoms with E-state index in [1.807, 2.05) is 79.7 Å². The van der Waals surface area contributed by atoms with Crippen molar-refractivity contribution in [1.82, 2.24) is 4.90 Å². The predicted octanol–water partition coefficient (Wildman–Crippen LogP) is 8.17. The van der Waals surface area contributed by atoms with Crippen LogP contribution in [0.2, 0.25) is 15.1 Å². The Kier molecular flexibility index (Phi) is 10.1. The molecule has 1 aliphatic heterocycles. The summed E-state index contributed by atoms with van der Waals surface area (Å²) in [6, 6.07) is 28.3. The number of anilines is 1. The summed E-state index contributed by atoms with van der Waals surface area (Å²) in [5.74, 6) is -1.23. The van der Waals surface area contributed by atoms with Crippen molar-refractivity contribution in [3.05, 3.63) is 134 Å². The molecule has 2 N–H and O–H groups in total. The summed E-state index contributed by atoms with van der Waals surface area (Å²) in [5.41, 5.74) is 3.18. The lowest BCUT2D eigenvalue weighted by atomic mass is 9.95. The van der Waals surface area contributed by atoms with Crippen LogP contribution in [0.4, 0.5) is 5.69 Å². The fourth-order valence-corrected chi connectivity index (χ4v) is 6.04. The standard InChI is InChI=1S/C35H32Cl3N3O3/c1-35(17-8-18-41(35)22-24-13-15-28(37)29(38)19-24)34(44)40-30-16-14-26(36)21-27(30)32(25-11-6-3-7-12-25)39-31(33(42)43)20-23-9-4-2-5-10-23/h2-7,9-16,19,21,31H,8,17-18,20,22H2,1H3,(H,40,44)(H,42,43)/t31-,35+/m1/s1. The Bertz CT molecular complexity index is 1680. The van der Waals surface area contributed by atoms with E-state index in [9.17, 15) is 14.7 Å². The number of rotatable bonds is 10. The van der Waals surface area contributed by atoms with E-state index in [4.69, 9.17) is 39.8 Å². The molecule has 1 amide bonds. The number of halogens is 3. The van der Waals surface area contributed by atoms with Gasteiger partial charge in [0.25, 0.3) is 0 Å². The van der Waals surface area contributed by atoms with E-state index in [2.05, 4.69) is 10.2 Å². The van der Waals surface area contributed by atoms with E-state index in [0.29, 0.717) is 50.6 Å². The summed E-state index contributed by atoms with van der Waals surface area (Å²) in [4.78, 5) is 33.4. The molecule has 1 saturated heterocycles. The molecule has 226 valence electrons. The summed E-state index contributed by atoms with van der Waals surface area (Å²) < 4.78 is 0. The summed E-state index contributed by atoms with van der Waals surface area (Å²) in [7, 11) is 0. The van der Waals surface area contributed by atoms with Gasteiger partial charge in [0.1, 0.15) is 0 Å². The maximum Gasteiger partial charge on any atom is 0.328 e. The summed E-state index contributed by atoms with van der Waals surface area (Å²) in [6.45, 7) is 3.22. The molecule has 6 nitrogen and oxygen atoms in total. The van der Waals surface area contributed by atoms with Crippen LogP contribution in [0.5, 0.6) is 0 Å². The number of likely N-dealkylation sites (tertiary alicyclic amines) is 1. The predicted molar refractivity (Wildman–Crippen MR) is 178 cm³/mol. The molecule has 0 radical (unpaired) electrons. The van der Waals surface area contributed by atoms with Gasteiger partial charge in [-0.3, -0.25) is 14.7 Å². The SMILES string of the molecule is C[C@@]1(C(=O)Nc2ccc(Cl)cc2C(=N[C@H](Cc2ccccc2)C(=O)O)c2ccccc2)CCCN1Cc1ccc(Cl)c(Cl)c1. The van der Waals surface area contributed by atoms with Gasteiger partial charge in [-0.25, -0.2) is 4.79 Å². The van der Waals surface area contributed by atoms with Gasteiger partial charge in [0.05, 0.1) is 27.0 Å². The number of benzene rings is 4. The number of aliphatic carboxylic acids is 1. The van der Waals surface area contributed by atoms with Crippen molar-refractivity contribution < 1.29 is 14.7 Å². The van der Waals surface area contributed by atoms with Crippen LogP contribution < -0.4 is 5.32 Å². The molecule has 0 saturated carbocycles. The molecule has 1 heterocycles. The maximum atomic E-state index is 14.1. The Hall–Kier alpha value is -3.68. The number of hydrogen-bond donors (Lipinski definition) is 2. The number of hydrogen-bond acceptors (Lipinski definition) is 4. The average Bonchev–Trinajstić information content (AvgIpc) is 3.39. The van der Waals surface area contributed by atoms with E-state index >= 15 is 0 Å². The van der Waals surface area contributed by atoms with Crippen LogP contribution in [0, 0.1) is 0 Å². The van der Waals surface area contributed by atoms with E-state index < -0.39 is 17.6 Å². The molecule has 44 heavy (non-hydrogen) atoms. The number of carbonyl (C=O) groups is 2. The Morgan fingerprint density at radius 3 is 2.30 bits per heavy atom. The van der Waals surface area contributed by atoms with E-state index in [0.717, 1.165) is 24.1 Å². The molecule has 4 aromatic carbocycles. The van der Waals surface area contributed by atoms with Gasteiger partial charge in [-0.2, -0.15) is 0 Å². The zero-order valence-electron chi connectivity index (χ0n) is 24.1. The molecular formula is C35H32Cl3N3O3. The highest BCUT2D eigenvalue weighted by Crippen LogP contribution is 2.34. The minimum atomic E-state index is -1.07. The summed E-state index contributed by atoms with van der Waals surface area (Å²) in [5, 5.41) is 14.7. The number of nitrogens with one attached hydrogen (secondary N) is 1. The quantitative estimate of drug-likeness (QED) is 0.170. The first-order chi connectivity index (χ1) is 21.1. The molecular weight excluding hydrogens is 617 g/mol. The second-order valence-corrected chi connectivity index (χ2v) is 12.3. The van der Waals surface area contributed by atoms with Crippen molar-refractivity contribution in [2.75, 3.05) is 11.9 Å². The fourth-order valence-electron chi connectivity index (χ4n) is 5.54. The third kappa shape index (κ3) is 7.33. The monoisotopic (exact) mass is 647 g/mol. The lowest BCUT2D eigenvalue weighted by Crippen LogP contribution is -2.50. The summed E-state index contributed by atoms with van der Waals surface area (Å²) in [6.07, 6.45) is 1.73. The van der Waals surface area contributed by atoms with Crippen LogP contribution in [-0.2, 0) is 22.6 Å². The first-order valence-corrected chi connectivity index (χ1v) is 15.5. The maximum absolute atomic E-state index is 14.1. The molecule has 0 aliphatic carbocycles. The third-order valence-corrected chi connectivity index (χ3v) is 8.98. The van der Waals surface area contributed by atoms with Gasteiger partial charge in [0, 0.05) is 29.1 Å². The van der Waals surface area contributed by atoms with Crippen molar-refractivity contribution in [1.29, 1.82) is 0 Å². The average molecular weight is 649 g/mol. The van der Waals surface area contributed by atoms with Gasteiger partial charge in [-0.1, -0.05) is 102 Å². The molecule has 1 fully saturated rings. The molecule has 0 unspecified atom stereocenters. The molecule has 2 atom stereocenters. The van der Waals surface area contributed by atoms with Gasteiger partial charge in [-0.05, 0) is 67.8 Å². The van der Waals surface area contributed by atoms with Crippen molar-refractivity contribution in [2.45, 2.75) is 44.3 Å². The van der Waals surface area contributed by atoms with Crippen LogP contribution in [0.25, 0.3) is 0 Å². The zero-order chi connectivity index (χ0) is 31.3. The Morgan fingerprint density at radius 1 is 0.909 bits per heavy atom. The Morgan fingerprint density at radius 2 is 1.61 bits per heavy atom. The van der Waals surface area contributed by atoms with E-state index in [-0.39, 0.29) is 12.3 Å². The second kappa shape index (κ2) is 14.0. The lowest BCUT2D eigenvalue weighted by Gasteiger charge is -2.34. The number of aliphatic imine (C=N–C) groups is 1. The second-order valence-electron chi connectivity index (χ2n) is 11.1. The van der Waals surface area contributed by atoms with Crippen molar-refractivity contribution in [2.24, 2.45) is 4.99 Å². The number of carboxylic acids is 1. The molecule has 1 aliphatic rings. The number of carboxylic acid groups (broad SMARTS) is 1. The highest BCUT2D eigenvalue weighted by atomic mass is 35.5. The van der Waals surface area contributed by atoms with Crippen LogP contribution in [-0.4, -0.2) is 45.7 Å². The van der Waals surface area contributed by atoms with E-state index in [1.54, 1.807) is 24.3 Å². The van der Waals surface area contributed by atoms with Gasteiger partial charge in [0.2, 0.25) is 5.91 Å². The normalized spacial score (nSPS) is 17.8. The van der Waals surface area contributed by atoms with Crippen molar-refractivity contribution in [3.8, 4) is 0 Å². The summed E-state index contributed by atoms with van der Waals surface area (Å²) >= 11 is 18.9. The van der Waals surface area contributed by atoms with Gasteiger partial charge >= 0.3 is 5.97 Å². The Balaban J connectivity index is 1.50. The van der Waals surface area contributed by atoms with Crippen LogP contribution in [0.1, 0.15) is 42.0 Å². The number of nitrogens with zero attached hydrogens (tertiary/aromatic N) is 2. The highest BCUT2D eigenvalue weighted by Gasteiger charge is 2.43. The number of carbonyl (C=O) groups excluding carboxylic acids is 1.